The van der Waals surface area contributed by atoms with Crippen molar-refractivity contribution in [3.8, 4) is 0 Å². The monoisotopic (exact) mass is 222 g/mol. The third kappa shape index (κ3) is 2.35. The zero-order chi connectivity index (χ0) is 11.5. The van der Waals surface area contributed by atoms with Gasteiger partial charge in [-0.25, -0.2) is 4.39 Å². The summed E-state index contributed by atoms with van der Waals surface area (Å²) in [4.78, 5) is 2.38. The number of anilines is 1. The Morgan fingerprint density at radius 2 is 2.25 bits per heavy atom. The van der Waals surface area contributed by atoms with Crippen LogP contribution in [-0.4, -0.2) is 17.5 Å². The summed E-state index contributed by atoms with van der Waals surface area (Å²) in [5, 5.41) is 0. The van der Waals surface area contributed by atoms with E-state index in [0.29, 0.717) is 11.7 Å². The average Bonchev–Trinajstić information content (AvgIpc) is 2.28. The number of para-hydroxylation sites is 1. The molecule has 0 amide bonds. The molecule has 1 atom stereocenters. The smallest absolute Gasteiger partial charge is 0.146 e. The number of hydrogen-bond donors (Lipinski definition) is 1. The van der Waals surface area contributed by atoms with E-state index in [1.165, 1.54) is 25.3 Å². The fourth-order valence-electron chi connectivity index (χ4n) is 2.33. The fourth-order valence-corrected chi connectivity index (χ4v) is 2.33. The minimum absolute atomic E-state index is 0.304. The van der Waals surface area contributed by atoms with E-state index in [1.807, 2.05) is 6.07 Å². The molecule has 0 aliphatic carbocycles. The summed E-state index contributed by atoms with van der Waals surface area (Å²) in [6.45, 7) is 4.09. The van der Waals surface area contributed by atoms with Crippen molar-refractivity contribution in [1.29, 1.82) is 0 Å². The van der Waals surface area contributed by atoms with Crippen molar-refractivity contribution >= 4 is 5.69 Å². The summed E-state index contributed by atoms with van der Waals surface area (Å²) < 4.78 is 13.3. The number of rotatable bonds is 2. The molecule has 2 N–H and O–H groups in total. The minimum atomic E-state index is -0.304. The number of benzene rings is 1. The molecule has 1 heterocycles. The largest absolute Gasteiger partial charge is 0.396 e. The van der Waals surface area contributed by atoms with E-state index in [1.54, 1.807) is 6.07 Å². The summed E-state index contributed by atoms with van der Waals surface area (Å²) in [7, 11) is 0. The van der Waals surface area contributed by atoms with Crippen LogP contribution < -0.4 is 5.73 Å². The van der Waals surface area contributed by atoms with Gasteiger partial charge >= 0.3 is 0 Å². The van der Waals surface area contributed by atoms with E-state index in [2.05, 4.69) is 11.8 Å². The Labute approximate surface area is 96.2 Å². The first kappa shape index (κ1) is 11.4. The van der Waals surface area contributed by atoms with Crippen molar-refractivity contribution < 1.29 is 4.39 Å². The second-order valence-corrected chi connectivity index (χ2v) is 4.63. The maximum Gasteiger partial charge on any atom is 0.146 e. The molecule has 1 aromatic rings. The van der Waals surface area contributed by atoms with Crippen LogP contribution in [0.3, 0.4) is 0 Å². The summed E-state index contributed by atoms with van der Waals surface area (Å²) in [6, 6.07) is 5.64. The summed E-state index contributed by atoms with van der Waals surface area (Å²) in [5.74, 6) is -0.304. The molecule has 2 nitrogen and oxygen atoms in total. The van der Waals surface area contributed by atoms with Gasteiger partial charge in [0.15, 0.2) is 0 Å². The van der Waals surface area contributed by atoms with Crippen LogP contribution in [0.1, 0.15) is 31.7 Å². The number of nitrogens with zero attached hydrogens (tertiary/aromatic N) is 1. The van der Waals surface area contributed by atoms with Gasteiger partial charge in [-0.15, -0.1) is 0 Å². The minimum Gasteiger partial charge on any atom is -0.396 e. The molecule has 0 radical (unpaired) electrons. The van der Waals surface area contributed by atoms with Gasteiger partial charge in [-0.05, 0) is 37.9 Å². The molecule has 1 saturated heterocycles. The molecule has 1 fully saturated rings. The molecule has 1 aliphatic rings. The summed E-state index contributed by atoms with van der Waals surface area (Å²) in [5.41, 5.74) is 6.96. The SMILES string of the molecule is CC1CCCCN1Cc1cccc(F)c1N. The zero-order valence-corrected chi connectivity index (χ0v) is 9.75. The van der Waals surface area contributed by atoms with Gasteiger partial charge in [-0.1, -0.05) is 18.6 Å². The third-order valence-electron chi connectivity index (χ3n) is 3.46. The van der Waals surface area contributed by atoms with Crippen LogP contribution >= 0.6 is 0 Å². The normalized spacial score (nSPS) is 22.2. The number of piperidine rings is 1. The topological polar surface area (TPSA) is 29.3 Å². The molecule has 2 rings (SSSR count). The van der Waals surface area contributed by atoms with Gasteiger partial charge in [-0.3, -0.25) is 4.90 Å². The molecule has 0 aromatic heterocycles. The van der Waals surface area contributed by atoms with Gasteiger partial charge in [-0.2, -0.15) is 0 Å². The second-order valence-electron chi connectivity index (χ2n) is 4.63. The van der Waals surface area contributed by atoms with Gasteiger partial charge in [0, 0.05) is 12.6 Å². The van der Waals surface area contributed by atoms with E-state index in [0.717, 1.165) is 18.7 Å². The first-order valence-corrected chi connectivity index (χ1v) is 5.95. The van der Waals surface area contributed by atoms with Crippen LogP contribution in [0.4, 0.5) is 10.1 Å². The van der Waals surface area contributed by atoms with E-state index in [4.69, 9.17) is 5.73 Å². The Morgan fingerprint density at radius 1 is 1.44 bits per heavy atom. The van der Waals surface area contributed by atoms with E-state index in [-0.39, 0.29) is 5.82 Å². The Hall–Kier alpha value is -1.09. The fraction of sp³-hybridized carbons (Fsp3) is 0.538. The molecule has 1 unspecified atom stereocenters. The van der Waals surface area contributed by atoms with Crippen LogP contribution in [0.5, 0.6) is 0 Å². The van der Waals surface area contributed by atoms with Crippen LogP contribution in [0.25, 0.3) is 0 Å². The molecule has 1 aliphatic heterocycles. The molecule has 1 aromatic carbocycles. The average molecular weight is 222 g/mol. The Bertz CT molecular complexity index is 365. The van der Waals surface area contributed by atoms with Gasteiger partial charge < -0.3 is 5.73 Å². The van der Waals surface area contributed by atoms with Crippen LogP contribution in [0, 0.1) is 5.82 Å². The maximum absolute atomic E-state index is 13.3. The lowest BCUT2D eigenvalue weighted by Crippen LogP contribution is -2.36. The highest BCUT2D eigenvalue weighted by atomic mass is 19.1. The molecular weight excluding hydrogens is 203 g/mol. The van der Waals surface area contributed by atoms with Gasteiger partial charge in [0.2, 0.25) is 0 Å². The van der Waals surface area contributed by atoms with E-state index >= 15 is 0 Å². The Morgan fingerprint density at radius 3 is 3.00 bits per heavy atom. The Kier molecular flexibility index (Phi) is 3.44. The standard InChI is InChI=1S/C13H19FN2/c1-10-5-2-3-8-16(10)9-11-6-4-7-12(14)13(11)15/h4,6-7,10H,2-3,5,8-9,15H2,1H3. The summed E-state index contributed by atoms with van der Waals surface area (Å²) in [6.07, 6.45) is 3.77. The zero-order valence-electron chi connectivity index (χ0n) is 9.75. The van der Waals surface area contributed by atoms with Crippen molar-refractivity contribution in [2.45, 2.75) is 38.8 Å². The lowest BCUT2D eigenvalue weighted by molar-refractivity contribution is 0.153. The molecule has 16 heavy (non-hydrogen) atoms. The molecule has 0 saturated carbocycles. The quantitative estimate of drug-likeness (QED) is 0.780. The van der Waals surface area contributed by atoms with Gasteiger partial charge in [0.1, 0.15) is 5.82 Å². The molecular formula is C13H19FN2. The van der Waals surface area contributed by atoms with Crippen molar-refractivity contribution in [2.75, 3.05) is 12.3 Å². The lowest BCUT2D eigenvalue weighted by atomic mass is 10.0. The van der Waals surface area contributed by atoms with Crippen molar-refractivity contribution in [3.63, 3.8) is 0 Å². The second kappa shape index (κ2) is 4.83. The third-order valence-corrected chi connectivity index (χ3v) is 3.46. The summed E-state index contributed by atoms with van der Waals surface area (Å²) >= 11 is 0. The molecule has 88 valence electrons. The number of nitrogens with two attached hydrogens (primary N) is 1. The van der Waals surface area contributed by atoms with Crippen LogP contribution in [-0.2, 0) is 6.54 Å². The highest BCUT2D eigenvalue weighted by Gasteiger charge is 2.19. The number of nitrogen functional groups attached to an aromatic ring is 1. The van der Waals surface area contributed by atoms with Crippen molar-refractivity contribution in [1.82, 2.24) is 4.90 Å². The number of hydrogen-bond acceptors (Lipinski definition) is 2. The molecule has 0 spiro atoms. The van der Waals surface area contributed by atoms with Crippen molar-refractivity contribution in [3.05, 3.63) is 29.6 Å². The highest BCUT2D eigenvalue weighted by molar-refractivity contribution is 5.47. The van der Waals surface area contributed by atoms with E-state index in [9.17, 15) is 4.39 Å². The number of likely N-dealkylation sites (tertiary alicyclic amines) is 1. The number of halogens is 1. The predicted octanol–water partition coefficient (Wildman–Crippen LogP) is 2.78. The van der Waals surface area contributed by atoms with Gasteiger partial charge in [0.05, 0.1) is 5.69 Å². The lowest BCUT2D eigenvalue weighted by Gasteiger charge is -2.33. The van der Waals surface area contributed by atoms with Crippen LogP contribution in [0.15, 0.2) is 18.2 Å². The first-order chi connectivity index (χ1) is 7.68. The Balaban J connectivity index is 2.10. The van der Waals surface area contributed by atoms with Crippen LogP contribution in [0.2, 0.25) is 0 Å². The van der Waals surface area contributed by atoms with Crippen molar-refractivity contribution in [2.24, 2.45) is 0 Å². The predicted molar refractivity (Wildman–Crippen MR) is 64.5 cm³/mol. The highest BCUT2D eigenvalue weighted by Crippen LogP contribution is 2.22. The van der Waals surface area contributed by atoms with E-state index < -0.39 is 0 Å². The maximum atomic E-state index is 13.3. The molecule has 3 heteroatoms. The van der Waals surface area contributed by atoms with Gasteiger partial charge in [0.25, 0.3) is 0 Å². The first-order valence-electron chi connectivity index (χ1n) is 5.95. The molecule has 0 bridgehead atoms.